The van der Waals surface area contributed by atoms with Crippen LogP contribution in [0.2, 0.25) is 0 Å². The Labute approximate surface area is 147 Å². The topological polar surface area (TPSA) is 78.7 Å². The number of hydrogen-bond acceptors (Lipinski definition) is 6. The molecule has 0 atom stereocenters. The van der Waals surface area contributed by atoms with Gasteiger partial charge in [-0.1, -0.05) is 0 Å². The van der Waals surface area contributed by atoms with Gasteiger partial charge in [0.1, 0.15) is 12.1 Å². The number of amides is 1. The molecule has 10 heteroatoms. The molecule has 0 aromatic carbocycles. The zero-order valence-electron chi connectivity index (χ0n) is 12.9. The van der Waals surface area contributed by atoms with Gasteiger partial charge in [0.15, 0.2) is 5.65 Å². The SMILES string of the molecule is CNCCC(=O)N1CCN(c2ccc3nncn3n2)CC1.Cl.Cl. The maximum absolute atomic E-state index is 12.0. The highest BCUT2D eigenvalue weighted by atomic mass is 35.5. The van der Waals surface area contributed by atoms with E-state index in [0.717, 1.165) is 44.2 Å². The highest BCUT2D eigenvalue weighted by Gasteiger charge is 2.21. The zero-order chi connectivity index (χ0) is 14.7. The van der Waals surface area contributed by atoms with Crippen molar-refractivity contribution in [1.29, 1.82) is 0 Å². The summed E-state index contributed by atoms with van der Waals surface area (Å²) >= 11 is 0. The van der Waals surface area contributed by atoms with E-state index >= 15 is 0 Å². The Kier molecular flexibility index (Phi) is 7.47. The summed E-state index contributed by atoms with van der Waals surface area (Å²) in [6.07, 6.45) is 2.15. The molecule has 0 spiro atoms. The van der Waals surface area contributed by atoms with Crippen molar-refractivity contribution in [2.45, 2.75) is 6.42 Å². The summed E-state index contributed by atoms with van der Waals surface area (Å²) in [5, 5.41) is 15.3. The van der Waals surface area contributed by atoms with Crippen molar-refractivity contribution in [1.82, 2.24) is 30.0 Å². The Morgan fingerprint density at radius 1 is 1.22 bits per heavy atom. The largest absolute Gasteiger partial charge is 0.352 e. The van der Waals surface area contributed by atoms with Crippen molar-refractivity contribution in [2.75, 3.05) is 44.7 Å². The molecule has 128 valence electrons. The second kappa shape index (κ2) is 8.85. The molecular weight excluding hydrogens is 341 g/mol. The molecule has 0 saturated carbocycles. The van der Waals surface area contributed by atoms with Gasteiger partial charge in [0.05, 0.1) is 0 Å². The van der Waals surface area contributed by atoms with Gasteiger partial charge in [-0.2, -0.15) is 4.52 Å². The molecule has 0 bridgehead atoms. The van der Waals surface area contributed by atoms with Gasteiger partial charge in [-0.15, -0.1) is 40.1 Å². The normalized spacial score (nSPS) is 14.3. The molecule has 3 heterocycles. The van der Waals surface area contributed by atoms with Gasteiger partial charge in [0.25, 0.3) is 0 Å². The standard InChI is InChI=1S/C13H19N7O.2ClH/c1-14-5-4-13(21)19-8-6-18(7-9-19)12-3-2-11-16-15-10-20(11)17-12;;/h2-3,10,14H,4-9H2,1H3;2*1H. The molecule has 1 aliphatic heterocycles. The third-order valence-electron chi connectivity index (χ3n) is 3.69. The number of anilines is 1. The second-order valence-electron chi connectivity index (χ2n) is 5.05. The maximum Gasteiger partial charge on any atom is 0.223 e. The van der Waals surface area contributed by atoms with Crippen LogP contribution in [0, 0.1) is 0 Å². The van der Waals surface area contributed by atoms with Crippen LogP contribution in [0.4, 0.5) is 5.82 Å². The smallest absolute Gasteiger partial charge is 0.223 e. The molecule has 1 amide bonds. The number of fused-ring (bicyclic) bond motifs is 1. The predicted molar refractivity (Wildman–Crippen MR) is 92.6 cm³/mol. The molecule has 3 rings (SSSR count). The van der Waals surface area contributed by atoms with Crippen LogP contribution < -0.4 is 10.2 Å². The highest BCUT2D eigenvalue weighted by Crippen LogP contribution is 2.14. The number of hydrogen-bond donors (Lipinski definition) is 1. The van der Waals surface area contributed by atoms with Crippen LogP contribution in [0.15, 0.2) is 18.5 Å². The first kappa shape index (κ1) is 19.4. The van der Waals surface area contributed by atoms with Crippen molar-refractivity contribution >= 4 is 42.2 Å². The molecule has 1 fully saturated rings. The quantitative estimate of drug-likeness (QED) is 0.839. The van der Waals surface area contributed by atoms with Gasteiger partial charge in [-0.25, -0.2) is 0 Å². The lowest BCUT2D eigenvalue weighted by molar-refractivity contribution is -0.131. The van der Waals surface area contributed by atoms with Crippen molar-refractivity contribution in [3.8, 4) is 0 Å². The summed E-state index contributed by atoms with van der Waals surface area (Å²) in [7, 11) is 1.86. The third-order valence-corrected chi connectivity index (χ3v) is 3.69. The summed E-state index contributed by atoms with van der Waals surface area (Å²) in [5.41, 5.74) is 0.736. The molecule has 8 nitrogen and oxygen atoms in total. The van der Waals surface area contributed by atoms with E-state index in [2.05, 4.69) is 25.5 Å². The number of carbonyl (C=O) groups excluding carboxylic acids is 1. The van der Waals surface area contributed by atoms with Crippen molar-refractivity contribution < 1.29 is 4.79 Å². The predicted octanol–water partition coefficient (Wildman–Crippen LogP) is 0.226. The van der Waals surface area contributed by atoms with Crippen LogP contribution in [0.1, 0.15) is 6.42 Å². The van der Waals surface area contributed by atoms with E-state index in [4.69, 9.17) is 0 Å². The lowest BCUT2D eigenvalue weighted by Crippen LogP contribution is -2.49. The first-order valence-electron chi connectivity index (χ1n) is 7.12. The van der Waals surface area contributed by atoms with Gasteiger partial charge in [0, 0.05) is 39.1 Å². The molecule has 23 heavy (non-hydrogen) atoms. The van der Waals surface area contributed by atoms with Gasteiger partial charge in [-0.05, 0) is 19.2 Å². The van der Waals surface area contributed by atoms with E-state index in [1.54, 1.807) is 10.8 Å². The van der Waals surface area contributed by atoms with Crippen LogP contribution in [0.3, 0.4) is 0 Å². The van der Waals surface area contributed by atoms with E-state index < -0.39 is 0 Å². The van der Waals surface area contributed by atoms with Gasteiger partial charge in [0.2, 0.25) is 5.91 Å². The summed E-state index contributed by atoms with van der Waals surface area (Å²) in [5.74, 6) is 1.11. The molecule has 0 unspecified atom stereocenters. The summed E-state index contributed by atoms with van der Waals surface area (Å²) in [4.78, 5) is 16.1. The zero-order valence-corrected chi connectivity index (χ0v) is 14.5. The number of piperazine rings is 1. The van der Waals surface area contributed by atoms with Crippen LogP contribution in [-0.2, 0) is 4.79 Å². The average Bonchev–Trinajstić information content (AvgIpc) is 3.00. The van der Waals surface area contributed by atoms with E-state index in [-0.39, 0.29) is 30.7 Å². The summed E-state index contributed by atoms with van der Waals surface area (Å²) in [6, 6.07) is 3.85. The number of nitrogens with one attached hydrogen (secondary N) is 1. The van der Waals surface area contributed by atoms with Crippen LogP contribution in [0.5, 0.6) is 0 Å². The number of rotatable bonds is 4. The molecule has 0 aliphatic carbocycles. The molecular formula is C13H21Cl2N7O. The minimum atomic E-state index is 0. The molecule has 2 aromatic rings. The lowest BCUT2D eigenvalue weighted by Gasteiger charge is -2.35. The fourth-order valence-corrected chi connectivity index (χ4v) is 2.46. The fraction of sp³-hybridized carbons (Fsp3) is 0.538. The van der Waals surface area contributed by atoms with Gasteiger partial charge >= 0.3 is 0 Å². The number of aromatic nitrogens is 4. The van der Waals surface area contributed by atoms with E-state index in [1.165, 1.54) is 0 Å². The number of carbonyl (C=O) groups is 1. The van der Waals surface area contributed by atoms with Crippen molar-refractivity contribution in [3.05, 3.63) is 18.5 Å². The summed E-state index contributed by atoms with van der Waals surface area (Å²) in [6.45, 7) is 3.80. The fourth-order valence-electron chi connectivity index (χ4n) is 2.46. The average molecular weight is 362 g/mol. The van der Waals surface area contributed by atoms with Crippen molar-refractivity contribution in [3.63, 3.8) is 0 Å². The minimum Gasteiger partial charge on any atom is -0.352 e. The monoisotopic (exact) mass is 361 g/mol. The first-order valence-corrected chi connectivity index (χ1v) is 7.12. The van der Waals surface area contributed by atoms with Crippen LogP contribution in [0.25, 0.3) is 5.65 Å². The molecule has 0 radical (unpaired) electrons. The van der Waals surface area contributed by atoms with Crippen LogP contribution in [-0.4, -0.2) is 70.4 Å². The van der Waals surface area contributed by atoms with Crippen LogP contribution >= 0.6 is 24.8 Å². The van der Waals surface area contributed by atoms with Crippen molar-refractivity contribution in [2.24, 2.45) is 0 Å². The number of halogens is 2. The Bertz CT molecular complexity index is 628. The lowest BCUT2D eigenvalue weighted by atomic mass is 10.2. The van der Waals surface area contributed by atoms with E-state index in [9.17, 15) is 4.79 Å². The second-order valence-corrected chi connectivity index (χ2v) is 5.05. The summed E-state index contributed by atoms with van der Waals surface area (Å²) < 4.78 is 1.67. The Morgan fingerprint density at radius 2 is 1.96 bits per heavy atom. The first-order chi connectivity index (χ1) is 10.3. The third kappa shape index (κ3) is 4.43. The molecule has 2 aromatic heterocycles. The van der Waals surface area contributed by atoms with Gasteiger partial charge in [-0.3, -0.25) is 4.79 Å². The minimum absolute atomic E-state index is 0. The van der Waals surface area contributed by atoms with Gasteiger partial charge < -0.3 is 15.1 Å². The highest BCUT2D eigenvalue weighted by molar-refractivity contribution is 5.85. The molecule has 1 saturated heterocycles. The Morgan fingerprint density at radius 3 is 2.65 bits per heavy atom. The molecule has 1 aliphatic rings. The Hall–Kier alpha value is -1.64. The Balaban J connectivity index is 0.00000132. The molecule has 1 N–H and O–H groups in total. The van der Waals surface area contributed by atoms with E-state index in [1.807, 2.05) is 24.1 Å². The number of nitrogens with zero attached hydrogens (tertiary/aromatic N) is 6. The van der Waals surface area contributed by atoms with E-state index in [0.29, 0.717) is 6.42 Å². The maximum atomic E-state index is 12.0.